The summed E-state index contributed by atoms with van der Waals surface area (Å²) in [4.78, 5) is 16.4. The molecule has 1 heterocycles. The Kier molecular flexibility index (Phi) is 6.35. The number of halogens is 3. The Bertz CT molecular complexity index is 1020. The molecule has 0 N–H and O–H groups in total. The van der Waals surface area contributed by atoms with Crippen molar-refractivity contribution in [1.82, 2.24) is 15.0 Å². The molecular formula is C18H15ClF2N4O4. The summed E-state index contributed by atoms with van der Waals surface area (Å²) in [6.07, 6.45) is 0. The molecule has 1 aromatic heterocycles. The monoisotopic (exact) mass is 424 g/mol. The zero-order chi connectivity index (χ0) is 21.0. The maximum Gasteiger partial charge on any atom is 0.387 e. The van der Waals surface area contributed by atoms with E-state index in [0.29, 0.717) is 17.1 Å². The van der Waals surface area contributed by atoms with Crippen LogP contribution in [0.3, 0.4) is 0 Å². The molecule has 3 rings (SSSR count). The molecule has 0 radical (unpaired) electrons. The van der Waals surface area contributed by atoms with E-state index in [9.17, 15) is 18.9 Å². The summed E-state index contributed by atoms with van der Waals surface area (Å²) in [6.45, 7) is -2.47. The van der Waals surface area contributed by atoms with Crippen LogP contribution in [0.1, 0.15) is 11.5 Å². The fourth-order valence-electron chi connectivity index (χ4n) is 2.65. The number of nitro groups is 1. The standard InChI is InChI=1S/C18H15ClF2N4O4/c1-24(9-11-8-12(25(26)27)6-7-14(11)19)10-16-22-17(23-29-16)13-4-2-3-5-15(13)28-18(20)21/h2-8,18H,9-10H2,1H3. The molecule has 0 amide bonds. The van der Waals surface area contributed by atoms with Crippen LogP contribution in [0, 0.1) is 10.1 Å². The van der Waals surface area contributed by atoms with Crippen LogP contribution in [0.4, 0.5) is 14.5 Å². The number of non-ortho nitro benzene ring substituents is 1. The average molecular weight is 425 g/mol. The number of benzene rings is 2. The lowest BCUT2D eigenvalue weighted by molar-refractivity contribution is -0.384. The van der Waals surface area contributed by atoms with Crippen molar-refractivity contribution in [2.24, 2.45) is 0 Å². The number of rotatable bonds is 8. The van der Waals surface area contributed by atoms with Crippen LogP contribution in [-0.4, -0.2) is 33.6 Å². The number of alkyl halides is 2. The van der Waals surface area contributed by atoms with E-state index in [1.807, 2.05) is 0 Å². The third-order valence-corrected chi connectivity index (χ3v) is 4.27. The van der Waals surface area contributed by atoms with Crippen molar-refractivity contribution in [3.05, 3.63) is 69.1 Å². The van der Waals surface area contributed by atoms with Crippen LogP contribution in [-0.2, 0) is 13.1 Å². The van der Waals surface area contributed by atoms with Gasteiger partial charge in [-0.15, -0.1) is 0 Å². The van der Waals surface area contributed by atoms with Gasteiger partial charge in [-0.1, -0.05) is 28.9 Å². The second-order valence-corrected chi connectivity index (χ2v) is 6.50. The van der Waals surface area contributed by atoms with Gasteiger partial charge in [0.25, 0.3) is 5.69 Å². The first-order valence-electron chi connectivity index (χ1n) is 8.31. The summed E-state index contributed by atoms with van der Waals surface area (Å²) in [7, 11) is 1.74. The lowest BCUT2D eigenvalue weighted by atomic mass is 10.2. The highest BCUT2D eigenvalue weighted by Crippen LogP contribution is 2.29. The van der Waals surface area contributed by atoms with E-state index in [0.717, 1.165) is 0 Å². The van der Waals surface area contributed by atoms with Gasteiger partial charge in [-0.25, -0.2) is 0 Å². The van der Waals surface area contributed by atoms with Crippen LogP contribution < -0.4 is 4.74 Å². The zero-order valence-corrected chi connectivity index (χ0v) is 15.8. The second kappa shape index (κ2) is 8.93. The van der Waals surface area contributed by atoms with Crippen molar-refractivity contribution in [3.63, 3.8) is 0 Å². The van der Waals surface area contributed by atoms with E-state index in [2.05, 4.69) is 14.9 Å². The number of hydrogen-bond acceptors (Lipinski definition) is 7. The minimum Gasteiger partial charge on any atom is -0.434 e. The summed E-state index contributed by atoms with van der Waals surface area (Å²) < 4.78 is 34.8. The van der Waals surface area contributed by atoms with E-state index >= 15 is 0 Å². The predicted molar refractivity (Wildman–Crippen MR) is 99.6 cm³/mol. The molecule has 0 aliphatic carbocycles. The van der Waals surface area contributed by atoms with E-state index in [4.69, 9.17) is 16.1 Å². The lowest BCUT2D eigenvalue weighted by Crippen LogP contribution is -2.17. The van der Waals surface area contributed by atoms with Gasteiger partial charge in [0.1, 0.15) is 5.75 Å². The van der Waals surface area contributed by atoms with Gasteiger partial charge in [-0.2, -0.15) is 13.8 Å². The molecule has 0 bridgehead atoms. The quantitative estimate of drug-likeness (QED) is 0.387. The lowest BCUT2D eigenvalue weighted by Gasteiger charge is -2.15. The maximum atomic E-state index is 12.6. The van der Waals surface area contributed by atoms with Crippen molar-refractivity contribution in [2.45, 2.75) is 19.7 Å². The Labute approximate surface area is 168 Å². The minimum atomic E-state index is -2.98. The second-order valence-electron chi connectivity index (χ2n) is 6.09. The minimum absolute atomic E-state index is 0.0616. The Hall–Kier alpha value is -3.11. The molecule has 0 saturated carbocycles. The number of nitro benzene ring substituents is 1. The highest BCUT2D eigenvalue weighted by atomic mass is 35.5. The Morgan fingerprint density at radius 3 is 2.76 bits per heavy atom. The molecule has 0 aliphatic rings. The van der Waals surface area contributed by atoms with E-state index < -0.39 is 11.5 Å². The van der Waals surface area contributed by atoms with Crippen LogP contribution >= 0.6 is 11.6 Å². The first kappa shape index (κ1) is 20.6. The number of ether oxygens (including phenoxy) is 1. The van der Waals surface area contributed by atoms with Crippen LogP contribution in [0.15, 0.2) is 47.0 Å². The van der Waals surface area contributed by atoms with Gasteiger partial charge in [0.05, 0.1) is 17.0 Å². The summed E-state index contributed by atoms with van der Waals surface area (Å²) in [6, 6.07) is 10.3. The highest BCUT2D eigenvalue weighted by molar-refractivity contribution is 6.31. The molecule has 0 spiro atoms. The van der Waals surface area contributed by atoms with Crippen molar-refractivity contribution in [1.29, 1.82) is 0 Å². The van der Waals surface area contributed by atoms with Gasteiger partial charge < -0.3 is 9.26 Å². The van der Waals surface area contributed by atoms with Crippen LogP contribution in [0.25, 0.3) is 11.4 Å². The fourth-order valence-corrected chi connectivity index (χ4v) is 2.83. The van der Waals surface area contributed by atoms with E-state index in [1.54, 1.807) is 30.1 Å². The molecule has 152 valence electrons. The topological polar surface area (TPSA) is 94.5 Å². The number of nitrogens with zero attached hydrogens (tertiary/aromatic N) is 4. The molecule has 3 aromatic rings. The SMILES string of the molecule is CN(Cc1nc(-c2ccccc2OC(F)F)no1)Cc1cc([N+](=O)[O-])ccc1Cl. The smallest absolute Gasteiger partial charge is 0.387 e. The summed E-state index contributed by atoms with van der Waals surface area (Å²) in [5, 5.41) is 15.1. The first-order chi connectivity index (χ1) is 13.8. The summed E-state index contributed by atoms with van der Waals surface area (Å²) in [5.74, 6) is 0.278. The van der Waals surface area contributed by atoms with Gasteiger partial charge in [0, 0.05) is 23.7 Å². The van der Waals surface area contributed by atoms with Crippen molar-refractivity contribution >= 4 is 17.3 Å². The van der Waals surface area contributed by atoms with E-state index in [-0.39, 0.29) is 35.3 Å². The fraction of sp³-hybridized carbons (Fsp3) is 0.222. The summed E-state index contributed by atoms with van der Waals surface area (Å²) in [5.41, 5.74) is 0.777. The molecule has 29 heavy (non-hydrogen) atoms. The Balaban J connectivity index is 1.73. The molecule has 0 saturated heterocycles. The van der Waals surface area contributed by atoms with Gasteiger partial charge in [0.15, 0.2) is 0 Å². The van der Waals surface area contributed by atoms with Crippen LogP contribution in [0.2, 0.25) is 5.02 Å². The largest absolute Gasteiger partial charge is 0.434 e. The molecule has 0 atom stereocenters. The van der Waals surface area contributed by atoms with Crippen molar-refractivity contribution < 1.29 is 23.0 Å². The third-order valence-electron chi connectivity index (χ3n) is 3.90. The maximum absolute atomic E-state index is 12.6. The van der Waals surface area contributed by atoms with Gasteiger partial charge in [0.2, 0.25) is 11.7 Å². The predicted octanol–water partition coefficient (Wildman–Crippen LogP) is 4.53. The number of hydrogen-bond donors (Lipinski definition) is 0. The normalized spacial score (nSPS) is 11.2. The van der Waals surface area contributed by atoms with Gasteiger partial charge in [-0.3, -0.25) is 15.0 Å². The molecule has 2 aromatic carbocycles. The molecule has 0 unspecified atom stereocenters. The van der Waals surface area contributed by atoms with Crippen molar-refractivity contribution in [3.8, 4) is 17.1 Å². The summed E-state index contributed by atoms with van der Waals surface area (Å²) >= 11 is 6.12. The van der Waals surface area contributed by atoms with Gasteiger partial charge in [-0.05, 0) is 30.8 Å². The third kappa shape index (κ3) is 5.24. The number of para-hydroxylation sites is 1. The molecule has 0 fully saturated rings. The van der Waals surface area contributed by atoms with Crippen molar-refractivity contribution in [2.75, 3.05) is 7.05 Å². The average Bonchev–Trinajstić information content (AvgIpc) is 3.11. The Morgan fingerprint density at radius 2 is 2.03 bits per heavy atom. The first-order valence-corrected chi connectivity index (χ1v) is 8.69. The van der Waals surface area contributed by atoms with Gasteiger partial charge >= 0.3 is 6.61 Å². The molecule has 8 nitrogen and oxygen atoms in total. The molecule has 0 aliphatic heterocycles. The van der Waals surface area contributed by atoms with Crippen LogP contribution in [0.5, 0.6) is 5.75 Å². The Morgan fingerprint density at radius 1 is 1.28 bits per heavy atom. The number of aromatic nitrogens is 2. The zero-order valence-electron chi connectivity index (χ0n) is 15.1. The highest BCUT2D eigenvalue weighted by Gasteiger charge is 2.17. The van der Waals surface area contributed by atoms with E-state index in [1.165, 1.54) is 24.3 Å². The molecular weight excluding hydrogens is 410 g/mol. The molecule has 11 heteroatoms.